The zero-order valence-electron chi connectivity index (χ0n) is 12.7. The normalized spacial score (nSPS) is 17.4. The van der Waals surface area contributed by atoms with E-state index < -0.39 is 5.97 Å². The van der Waals surface area contributed by atoms with Crippen molar-refractivity contribution in [1.29, 1.82) is 0 Å². The van der Waals surface area contributed by atoms with Crippen molar-refractivity contribution in [3.05, 3.63) is 11.6 Å². The Bertz CT molecular complexity index is 367. The number of urea groups is 1. The second-order valence-corrected chi connectivity index (χ2v) is 5.81. The van der Waals surface area contributed by atoms with E-state index in [4.69, 9.17) is 5.11 Å². The first-order valence-corrected chi connectivity index (χ1v) is 7.31. The first-order chi connectivity index (χ1) is 9.40. The van der Waals surface area contributed by atoms with Crippen molar-refractivity contribution in [2.75, 3.05) is 13.1 Å². The number of carbonyl (C=O) groups is 2. The fraction of sp³-hybridized carbons (Fsp3) is 0.733. The van der Waals surface area contributed by atoms with E-state index >= 15 is 0 Å². The van der Waals surface area contributed by atoms with Crippen molar-refractivity contribution in [2.45, 2.75) is 52.5 Å². The van der Waals surface area contributed by atoms with Crippen LogP contribution in [0.5, 0.6) is 0 Å². The average Bonchev–Trinajstić information content (AvgIpc) is 2.38. The van der Waals surface area contributed by atoms with Crippen molar-refractivity contribution in [3.8, 4) is 0 Å². The molecule has 1 aliphatic heterocycles. The summed E-state index contributed by atoms with van der Waals surface area (Å²) in [5.74, 6) is -1.05. The molecule has 0 aliphatic carbocycles. The van der Waals surface area contributed by atoms with Crippen LogP contribution in [-0.2, 0) is 4.79 Å². The number of amides is 2. The maximum absolute atomic E-state index is 12.0. The smallest absolute Gasteiger partial charge is 0.317 e. The number of carboxylic acid groups (broad SMARTS) is 1. The molecule has 0 radical (unpaired) electrons. The van der Waals surface area contributed by atoms with Crippen LogP contribution in [0.3, 0.4) is 0 Å². The quantitative estimate of drug-likeness (QED) is 0.762. The lowest BCUT2D eigenvalue weighted by atomic mass is 9.97. The summed E-state index contributed by atoms with van der Waals surface area (Å²) in [6.45, 7) is 7.19. The maximum atomic E-state index is 12.0. The number of carboxylic acids is 1. The Kier molecular flexibility index (Phi) is 6.55. The second-order valence-electron chi connectivity index (χ2n) is 5.81. The molecule has 0 aromatic rings. The summed E-state index contributed by atoms with van der Waals surface area (Å²) < 4.78 is 0. The van der Waals surface area contributed by atoms with Gasteiger partial charge in [0.15, 0.2) is 0 Å². The van der Waals surface area contributed by atoms with E-state index in [0.29, 0.717) is 25.9 Å². The number of rotatable bonds is 5. The van der Waals surface area contributed by atoms with Crippen molar-refractivity contribution in [3.63, 3.8) is 0 Å². The lowest BCUT2D eigenvalue weighted by molar-refractivity contribution is -0.143. The van der Waals surface area contributed by atoms with Crippen molar-refractivity contribution in [1.82, 2.24) is 10.2 Å². The minimum atomic E-state index is -0.750. The minimum absolute atomic E-state index is 0.0708. The second kappa shape index (κ2) is 7.92. The molecule has 1 fully saturated rings. The highest BCUT2D eigenvalue weighted by atomic mass is 16.4. The van der Waals surface area contributed by atoms with Crippen LogP contribution in [0.25, 0.3) is 0 Å². The zero-order valence-corrected chi connectivity index (χ0v) is 12.7. The van der Waals surface area contributed by atoms with E-state index in [1.807, 2.05) is 6.92 Å². The molecule has 20 heavy (non-hydrogen) atoms. The Hall–Kier alpha value is -1.52. The number of allylic oxidation sites excluding steroid dienone is 2. The highest BCUT2D eigenvalue weighted by Gasteiger charge is 2.27. The molecule has 0 aromatic carbocycles. The number of carbonyl (C=O) groups excluding carboxylic acids is 1. The summed E-state index contributed by atoms with van der Waals surface area (Å²) in [5, 5.41) is 11.9. The van der Waals surface area contributed by atoms with E-state index in [1.54, 1.807) is 4.90 Å². The summed E-state index contributed by atoms with van der Waals surface area (Å²) in [6.07, 6.45) is 5.15. The molecular formula is C15H26N2O3. The predicted octanol–water partition coefficient (Wildman–Crippen LogP) is 2.63. The third kappa shape index (κ3) is 5.63. The number of nitrogens with zero attached hydrogens (tertiary/aromatic N) is 1. The number of hydrogen-bond donors (Lipinski definition) is 2. The lowest BCUT2D eigenvalue weighted by Crippen LogP contribution is -2.47. The molecule has 1 unspecified atom stereocenters. The monoisotopic (exact) mass is 282 g/mol. The van der Waals surface area contributed by atoms with Crippen LogP contribution in [0.1, 0.15) is 46.5 Å². The molecular weight excluding hydrogens is 256 g/mol. The number of hydrogen-bond acceptors (Lipinski definition) is 2. The number of piperidine rings is 1. The van der Waals surface area contributed by atoms with Crippen LogP contribution in [-0.4, -0.2) is 41.1 Å². The van der Waals surface area contributed by atoms with Crippen LogP contribution in [0, 0.1) is 5.92 Å². The summed E-state index contributed by atoms with van der Waals surface area (Å²) >= 11 is 0. The molecule has 114 valence electrons. The highest BCUT2D eigenvalue weighted by Crippen LogP contribution is 2.17. The van der Waals surface area contributed by atoms with Gasteiger partial charge in [-0.2, -0.15) is 0 Å². The van der Waals surface area contributed by atoms with Crippen molar-refractivity contribution >= 4 is 12.0 Å². The summed E-state index contributed by atoms with van der Waals surface area (Å²) in [4.78, 5) is 24.6. The van der Waals surface area contributed by atoms with Crippen molar-refractivity contribution in [2.24, 2.45) is 5.92 Å². The van der Waals surface area contributed by atoms with E-state index in [-0.39, 0.29) is 18.0 Å². The van der Waals surface area contributed by atoms with Crippen LogP contribution in [0.4, 0.5) is 4.79 Å². The number of likely N-dealkylation sites (tertiary alicyclic amines) is 1. The van der Waals surface area contributed by atoms with E-state index in [2.05, 4.69) is 25.2 Å². The summed E-state index contributed by atoms with van der Waals surface area (Å²) in [7, 11) is 0. The van der Waals surface area contributed by atoms with E-state index in [1.165, 1.54) is 5.57 Å². The van der Waals surface area contributed by atoms with Crippen LogP contribution < -0.4 is 5.32 Å². The van der Waals surface area contributed by atoms with Crippen molar-refractivity contribution < 1.29 is 14.7 Å². The van der Waals surface area contributed by atoms with Crippen LogP contribution in [0.15, 0.2) is 11.6 Å². The van der Waals surface area contributed by atoms with Gasteiger partial charge in [-0.15, -0.1) is 0 Å². The molecule has 5 nitrogen and oxygen atoms in total. The average molecular weight is 282 g/mol. The molecule has 1 atom stereocenters. The van der Waals surface area contributed by atoms with Gasteiger partial charge in [0.2, 0.25) is 0 Å². The minimum Gasteiger partial charge on any atom is -0.481 e. The first-order valence-electron chi connectivity index (χ1n) is 7.31. The van der Waals surface area contributed by atoms with Crippen LogP contribution in [0.2, 0.25) is 0 Å². The Balaban J connectivity index is 2.29. The molecule has 0 bridgehead atoms. The van der Waals surface area contributed by atoms with Gasteiger partial charge in [-0.05, 0) is 46.5 Å². The highest BCUT2D eigenvalue weighted by molar-refractivity contribution is 5.75. The van der Waals surface area contributed by atoms with E-state index in [9.17, 15) is 9.59 Å². The van der Waals surface area contributed by atoms with Gasteiger partial charge >= 0.3 is 12.0 Å². The molecule has 1 aliphatic rings. The van der Waals surface area contributed by atoms with Gasteiger partial charge in [-0.3, -0.25) is 4.79 Å². The van der Waals surface area contributed by atoms with Gasteiger partial charge in [0.1, 0.15) is 0 Å². The van der Waals surface area contributed by atoms with Gasteiger partial charge in [0.05, 0.1) is 5.92 Å². The molecule has 0 spiro atoms. The predicted molar refractivity (Wildman–Crippen MR) is 78.6 cm³/mol. The third-order valence-corrected chi connectivity index (χ3v) is 3.65. The maximum Gasteiger partial charge on any atom is 0.317 e. The van der Waals surface area contributed by atoms with Gasteiger partial charge in [0.25, 0.3) is 0 Å². The fourth-order valence-electron chi connectivity index (χ4n) is 2.33. The lowest BCUT2D eigenvalue weighted by Gasteiger charge is -2.31. The summed E-state index contributed by atoms with van der Waals surface area (Å²) in [6, 6.07) is 0.0637. The molecule has 0 aromatic heterocycles. The fourth-order valence-corrected chi connectivity index (χ4v) is 2.33. The topological polar surface area (TPSA) is 69.6 Å². The molecule has 1 rings (SSSR count). The van der Waals surface area contributed by atoms with Gasteiger partial charge in [0, 0.05) is 19.1 Å². The van der Waals surface area contributed by atoms with E-state index in [0.717, 1.165) is 12.8 Å². The Labute approximate surface area is 121 Å². The van der Waals surface area contributed by atoms with Gasteiger partial charge < -0.3 is 15.3 Å². The standard InChI is InChI=1S/C15H26N2O3/c1-11(2)5-4-6-12(3)16-15(20)17-9-7-13(8-10-17)14(18)19/h5,12-13H,4,6-10H2,1-3H3,(H,16,20)(H,18,19). The largest absolute Gasteiger partial charge is 0.481 e. The first kappa shape index (κ1) is 16.5. The van der Waals surface area contributed by atoms with Crippen LogP contribution >= 0.6 is 0 Å². The molecule has 2 N–H and O–H groups in total. The Morgan fingerprint density at radius 1 is 1.35 bits per heavy atom. The number of nitrogens with one attached hydrogen (secondary N) is 1. The zero-order chi connectivity index (χ0) is 15.1. The third-order valence-electron chi connectivity index (χ3n) is 3.65. The molecule has 1 saturated heterocycles. The summed E-state index contributed by atoms with van der Waals surface area (Å²) in [5.41, 5.74) is 1.29. The Morgan fingerprint density at radius 2 is 1.95 bits per heavy atom. The molecule has 0 saturated carbocycles. The molecule has 2 amide bonds. The molecule has 5 heteroatoms. The SMILES string of the molecule is CC(C)=CCCC(C)NC(=O)N1CCC(C(=O)O)CC1. The Morgan fingerprint density at radius 3 is 2.45 bits per heavy atom. The van der Waals surface area contributed by atoms with Gasteiger partial charge in [-0.25, -0.2) is 4.79 Å². The molecule has 1 heterocycles. The van der Waals surface area contributed by atoms with Gasteiger partial charge in [-0.1, -0.05) is 11.6 Å². The number of aliphatic carboxylic acids is 1.